The molecule has 0 spiro atoms. The van der Waals surface area contributed by atoms with Gasteiger partial charge in [0.25, 0.3) is 5.91 Å². The number of aromatic nitrogens is 2. The molecule has 1 saturated carbocycles. The number of anilines is 1. The van der Waals surface area contributed by atoms with Crippen LogP contribution >= 0.6 is 0 Å². The van der Waals surface area contributed by atoms with E-state index in [9.17, 15) is 9.59 Å². The molecule has 1 aliphatic carbocycles. The number of carbonyl (C=O) groups excluding carboxylic acids is 2. The first kappa shape index (κ1) is 23.4. The van der Waals surface area contributed by atoms with Gasteiger partial charge in [0.1, 0.15) is 5.75 Å². The fraction of sp³-hybridized carbons (Fsp3) is 0.207. The van der Waals surface area contributed by atoms with Crippen molar-refractivity contribution < 1.29 is 19.1 Å². The van der Waals surface area contributed by atoms with Crippen LogP contribution in [0.1, 0.15) is 47.3 Å². The molecule has 0 bridgehead atoms. The second kappa shape index (κ2) is 9.70. The number of hydrogen-bond donors (Lipinski definition) is 1. The van der Waals surface area contributed by atoms with Crippen LogP contribution in [0.2, 0.25) is 0 Å². The molecule has 0 atom stereocenters. The standard InChI is InChI=1S/C29H27N3O4/c1-18-5-4-6-24(17-18)32-29(36-19(2)33)26(27(31-32)21-7-8-21)20-9-13-23(14-10-20)30-28(34)22-11-15-25(35-3)16-12-22/h4-6,9-17,21H,7-8H2,1-3H3,(H,30,34). The number of ether oxygens (including phenoxy) is 2. The number of carbonyl (C=O) groups is 2. The number of hydrogen-bond acceptors (Lipinski definition) is 5. The van der Waals surface area contributed by atoms with Crippen molar-refractivity contribution in [1.29, 1.82) is 0 Å². The maximum atomic E-state index is 12.7. The molecule has 0 unspecified atom stereocenters. The highest BCUT2D eigenvalue weighted by Gasteiger charge is 2.34. The first-order chi connectivity index (χ1) is 17.4. The molecule has 1 aromatic heterocycles. The smallest absolute Gasteiger partial charge is 0.309 e. The fourth-order valence-electron chi connectivity index (χ4n) is 4.16. The molecular weight excluding hydrogens is 454 g/mol. The lowest BCUT2D eigenvalue weighted by Crippen LogP contribution is -2.11. The Kier molecular flexibility index (Phi) is 6.29. The Morgan fingerprint density at radius 1 is 1.00 bits per heavy atom. The number of methoxy groups -OCH3 is 1. The summed E-state index contributed by atoms with van der Waals surface area (Å²) in [6.07, 6.45) is 2.10. The van der Waals surface area contributed by atoms with Crippen molar-refractivity contribution in [3.8, 4) is 28.4 Å². The number of benzene rings is 3. The van der Waals surface area contributed by atoms with E-state index < -0.39 is 5.97 Å². The maximum Gasteiger partial charge on any atom is 0.309 e. The number of aryl methyl sites for hydroxylation is 1. The largest absolute Gasteiger partial charge is 0.497 e. The summed E-state index contributed by atoms with van der Waals surface area (Å²) >= 11 is 0. The zero-order valence-electron chi connectivity index (χ0n) is 20.4. The number of nitrogens with zero attached hydrogens (tertiary/aromatic N) is 2. The van der Waals surface area contributed by atoms with E-state index in [1.807, 2.05) is 55.5 Å². The Balaban J connectivity index is 1.49. The molecule has 7 heteroatoms. The molecule has 0 saturated heterocycles. The molecule has 1 amide bonds. The highest BCUT2D eigenvalue weighted by atomic mass is 16.5. The summed E-state index contributed by atoms with van der Waals surface area (Å²) in [5.41, 5.74) is 5.71. The van der Waals surface area contributed by atoms with Gasteiger partial charge in [0.15, 0.2) is 0 Å². The van der Waals surface area contributed by atoms with Crippen LogP contribution in [0.3, 0.4) is 0 Å². The van der Waals surface area contributed by atoms with Crippen molar-refractivity contribution in [3.63, 3.8) is 0 Å². The Hall–Kier alpha value is -4.39. The van der Waals surface area contributed by atoms with Crippen LogP contribution in [-0.4, -0.2) is 28.8 Å². The van der Waals surface area contributed by atoms with E-state index in [0.29, 0.717) is 28.8 Å². The van der Waals surface area contributed by atoms with Gasteiger partial charge in [-0.1, -0.05) is 24.3 Å². The van der Waals surface area contributed by atoms with Gasteiger partial charge in [-0.05, 0) is 79.4 Å². The first-order valence-electron chi connectivity index (χ1n) is 11.9. The maximum absolute atomic E-state index is 12.7. The monoisotopic (exact) mass is 481 g/mol. The molecule has 1 aliphatic rings. The summed E-state index contributed by atoms with van der Waals surface area (Å²) in [7, 11) is 1.59. The molecule has 3 aromatic carbocycles. The van der Waals surface area contributed by atoms with Gasteiger partial charge in [-0.2, -0.15) is 9.78 Å². The van der Waals surface area contributed by atoms with Gasteiger partial charge in [0.05, 0.1) is 24.1 Å². The van der Waals surface area contributed by atoms with E-state index >= 15 is 0 Å². The average Bonchev–Trinajstić information content (AvgIpc) is 3.66. The van der Waals surface area contributed by atoms with Gasteiger partial charge >= 0.3 is 5.97 Å². The number of esters is 1. The molecule has 7 nitrogen and oxygen atoms in total. The molecule has 1 fully saturated rings. The van der Waals surface area contributed by atoms with E-state index in [-0.39, 0.29) is 5.91 Å². The fourth-order valence-corrected chi connectivity index (χ4v) is 4.16. The van der Waals surface area contributed by atoms with Crippen molar-refractivity contribution in [2.75, 3.05) is 12.4 Å². The predicted octanol–water partition coefficient (Wildman–Crippen LogP) is 5.91. The summed E-state index contributed by atoms with van der Waals surface area (Å²) < 4.78 is 12.6. The Bertz CT molecular complexity index is 1420. The van der Waals surface area contributed by atoms with Gasteiger partial charge in [-0.25, -0.2) is 0 Å². The van der Waals surface area contributed by atoms with E-state index in [0.717, 1.165) is 40.9 Å². The summed E-state index contributed by atoms with van der Waals surface area (Å²) in [5.74, 6) is 0.810. The molecule has 0 radical (unpaired) electrons. The van der Waals surface area contributed by atoms with Gasteiger partial charge in [-0.15, -0.1) is 0 Å². The SMILES string of the molecule is COc1ccc(C(=O)Nc2ccc(-c3c(C4CC4)nn(-c4cccc(C)c4)c3OC(C)=O)cc2)cc1. The number of rotatable bonds is 7. The van der Waals surface area contributed by atoms with Crippen LogP contribution in [0.4, 0.5) is 5.69 Å². The zero-order valence-corrected chi connectivity index (χ0v) is 20.4. The molecule has 5 rings (SSSR count). The highest BCUT2D eigenvalue weighted by Crippen LogP contribution is 2.48. The number of nitrogens with one attached hydrogen (secondary N) is 1. The quantitative estimate of drug-likeness (QED) is 0.332. The molecule has 36 heavy (non-hydrogen) atoms. The normalized spacial score (nSPS) is 12.8. The summed E-state index contributed by atoms with van der Waals surface area (Å²) in [6, 6.07) is 22.4. The van der Waals surface area contributed by atoms with Crippen molar-refractivity contribution in [3.05, 3.63) is 89.6 Å². The van der Waals surface area contributed by atoms with Crippen LogP contribution in [0.5, 0.6) is 11.6 Å². The molecule has 1 N–H and O–H groups in total. The topological polar surface area (TPSA) is 82.4 Å². The van der Waals surface area contributed by atoms with E-state index in [1.54, 1.807) is 36.1 Å². The third-order valence-corrected chi connectivity index (χ3v) is 6.10. The second-order valence-electron chi connectivity index (χ2n) is 8.94. The summed E-state index contributed by atoms with van der Waals surface area (Å²) in [4.78, 5) is 24.7. The van der Waals surface area contributed by atoms with Crippen molar-refractivity contribution in [1.82, 2.24) is 9.78 Å². The minimum absolute atomic E-state index is 0.211. The van der Waals surface area contributed by atoms with Gasteiger partial charge < -0.3 is 14.8 Å². The molecule has 182 valence electrons. The van der Waals surface area contributed by atoms with Crippen molar-refractivity contribution >= 4 is 17.6 Å². The number of amides is 1. The summed E-state index contributed by atoms with van der Waals surface area (Å²) in [5, 5.41) is 7.82. The minimum atomic E-state index is -0.407. The van der Waals surface area contributed by atoms with Crippen LogP contribution in [0.25, 0.3) is 16.8 Å². The lowest BCUT2D eigenvalue weighted by Gasteiger charge is -2.11. The van der Waals surface area contributed by atoms with E-state index in [4.69, 9.17) is 14.6 Å². The Labute approximate surface area is 209 Å². The third-order valence-electron chi connectivity index (χ3n) is 6.10. The van der Waals surface area contributed by atoms with Crippen LogP contribution in [0, 0.1) is 6.92 Å². The molecule has 0 aliphatic heterocycles. The highest BCUT2D eigenvalue weighted by molar-refractivity contribution is 6.04. The van der Waals surface area contributed by atoms with E-state index in [2.05, 4.69) is 5.32 Å². The average molecular weight is 482 g/mol. The Morgan fingerprint density at radius 2 is 1.72 bits per heavy atom. The first-order valence-corrected chi connectivity index (χ1v) is 11.9. The molecule has 1 heterocycles. The molecule has 4 aromatic rings. The van der Waals surface area contributed by atoms with Crippen molar-refractivity contribution in [2.24, 2.45) is 0 Å². The van der Waals surface area contributed by atoms with Gasteiger partial charge in [-0.3, -0.25) is 9.59 Å². The third kappa shape index (κ3) is 4.86. The van der Waals surface area contributed by atoms with Gasteiger partial charge in [0, 0.05) is 24.1 Å². The van der Waals surface area contributed by atoms with Crippen LogP contribution < -0.4 is 14.8 Å². The van der Waals surface area contributed by atoms with Crippen LogP contribution in [0.15, 0.2) is 72.8 Å². The predicted molar refractivity (Wildman–Crippen MR) is 138 cm³/mol. The minimum Gasteiger partial charge on any atom is -0.497 e. The lowest BCUT2D eigenvalue weighted by molar-refractivity contribution is -0.132. The van der Waals surface area contributed by atoms with Gasteiger partial charge in [0.2, 0.25) is 5.88 Å². The molecular formula is C29H27N3O4. The zero-order chi connectivity index (χ0) is 25.2. The summed E-state index contributed by atoms with van der Waals surface area (Å²) in [6.45, 7) is 3.41. The van der Waals surface area contributed by atoms with Crippen molar-refractivity contribution in [2.45, 2.75) is 32.6 Å². The van der Waals surface area contributed by atoms with Crippen LogP contribution in [-0.2, 0) is 4.79 Å². The Morgan fingerprint density at radius 3 is 2.33 bits per heavy atom. The second-order valence-corrected chi connectivity index (χ2v) is 8.94. The van der Waals surface area contributed by atoms with E-state index in [1.165, 1.54) is 6.92 Å². The lowest BCUT2D eigenvalue weighted by atomic mass is 10.0.